The summed E-state index contributed by atoms with van der Waals surface area (Å²) in [4.78, 5) is -0.358. The van der Waals surface area contributed by atoms with Crippen LogP contribution < -0.4 is 0 Å². The van der Waals surface area contributed by atoms with E-state index >= 15 is 0 Å². The molecule has 0 amide bonds. The minimum absolute atomic E-state index is 0.0448. The third-order valence-electron chi connectivity index (χ3n) is 2.24. The molecule has 0 saturated carbocycles. The molecular weight excluding hydrogens is 310 g/mol. The zero-order valence-electron chi connectivity index (χ0n) is 10.7. The van der Waals surface area contributed by atoms with Crippen molar-refractivity contribution in [1.82, 2.24) is 0 Å². The van der Waals surface area contributed by atoms with E-state index in [9.17, 15) is 22.0 Å². The molecule has 0 aromatic heterocycles. The molecule has 0 atom stereocenters. The highest BCUT2D eigenvalue weighted by molar-refractivity contribution is 7.87. The van der Waals surface area contributed by atoms with Crippen molar-refractivity contribution in [1.29, 1.82) is 0 Å². The number of nitrogens with zero attached hydrogens (tertiary/aromatic N) is 1. The SMILES string of the molecule is COS(=O)(=O)c1cc(CS(=O)(=O)O)ccc1C=[N+](C)[O-]. The molecule has 8 nitrogen and oxygen atoms in total. The van der Waals surface area contributed by atoms with Crippen LogP contribution in [-0.2, 0) is 30.2 Å². The van der Waals surface area contributed by atoms with Crippen molar-refractivity contribution in [3.63, 3.8) is 0 Å². The lowest BCUT2D eigenvalue weighted by molar-refractivity contribution is -0.416. The van der Waals surface area contributed by atoms with Crippen molar-refractivity contribution in [2.45, 2.75) is 10.6 Å². The van der Waals surface area contributed by atoms with E-state index < -0.39 is 26.0 Å². The van der Waals surface area contributed by atoms with Crippen LogP contribution in [0.3, 0.4) is 0 Å². The molecule has 0 aliphatic carbocycles. The highest BCUT2D eigenvalue weighted by Gasteiger charge is 2.20. The molecule has 0 aliphatic heterocycles. The minimum atomic E-state index is -4.30. The lowest BCUT2D eigenvalue weighted by Gasteiger charge is -2.07. The summed E-state index contributed by atoms with van der Waals surface area (Å²) in [7, 11) is -6.32. The predicted molar refractivity (Wildman–Crippen MR) is 70.6 cm³/mol. The van der Waals surface area contributed by atoms with Crippen molar-refractivity contribution in [2.24, 2.45) is 0 Å². The molecule has 0 heterocycles. The van der Waals surface area contributed by atoms with Gasteiger partial charge in [-0.1, -0.05) is 6.07 Å². The van der Waals surface area contributed by atoms with Gasteiger partial charge in [-0.25, -0.2) is 4.74 Å². The van der Waals surface area contributed by atoms with Crippen LogP contribution in [0.15, 0.2) is 23.1 Å². The Morgan fingerprint density at radius 1 is 1.35 bits per heavy atom. The molecule has 112 valence electrons. The van der Waals surface area contributed by atoms with Crippen molar-refractivity contribution >= 4 is 26.5 Å². The molecule has 0 unspecified atom stereocenters. The van der Waals surface area contributed by atoms with Gasteiger partial charge < -0.3 is 5.21 Å². The highest BCUT2D eigenvalue weighted by atomic mass is 32.2. The summed E-state index contributed by atoms with van der Waals surface area (Å²) < 4.78 is 58.6. The molecule has 0 radical (unpaired) electrons. The van der Waals surface area contributed by atoms with Gasteiger partial charge in [-0.2, -0.15) is 16.8 Å². The maximum absolute atomic E-state index is 11.7. The molecule has 0 aliphatic rings. The Bertz CT molecular complexity index is 731. The van der Waals surface area contributed by atoms with Crippen LogP contribution in [0.25, 0.3) is 0 Å². The van der Waals surface area contributed by atoms with Gasteiger partial charge in [-0.05, 0) is 17.7 Å². The average molecular weight is 323 g/mol. The summed E-state index contributed by atoms with van der Waals surface area (Å²) in [5.41, 5.74) is 0.0947. The fourth-order valence-electron chi connectivity index (χ4n) is 1.49. The van der Waals surface area contributed by atoms with Crippen LogP contribution in [0.2, 0.25) is 0 Å². The zero-order chi connectivity index (χ0) is 15.6. The molecule has 1 N–H and O–H groups in total. The molecule has 0 spiro atoms. The quantitative estimate of drug-likeness (QED) is 0.201. The summed E-state index contributed by atoms with van der Waals surface area (Å²) in [6.45, 7) is 0. The molecule has 0 fully saturated rings. The summed E-state index contributed by atoms with van der Waals surface area (Å²) >= 11 is 0. The van der Waals surface area contributed by atoms with E-state index in [1.165, 1.54) is 12.1 Å². The second kappa shape index (κ2) is 5.87. The molecule has 0 saturated heterocycles. The van der Waals surface area contributed by atoms with Crippen LogP contribution >= 0.6 is 0 Å². The van der Waals surface area contributed by atoms with E-state index in [-0.39, 0.29) is 16.0 Å². The van der Waals surface area contributed by atoms with Crippen LogP contribution in [0.5, 0.6) is 0 Å². The molecular formula is C10H13NO7S2. The minimum Gasteiger partial charge on any atom is -0.624 e. The van der Waals surface area contributed by atoms with E-state index in [0.29, 0.717) is 4.74 Å². The van der Waals surface area contributed by atoms with Crippen LogP contribution in [-0.4, -0.2) is 46.5 Å². The van der Waals surface area contributed by atoms with Gasteiger partial charge in [-0.3, -0.25) is 8.74 Å². The van der Waals surface area contributed by atoms with Crippen LogP contribution in [0, 0.1) is 5.21 Å². The van der Waals surface area contributed by atoms with E-state index in [2.05, 4.69) is 4.18 Å². The first-order valence-corrected chi connectivity index (χ1v) is 8.20. The average Bonchev–Trinajstić information content (AvgIpc) is 2.28. The normalized spacial score (nSPS) is 13.4. The molecule has 1 rings (SSSR count). The Hall–Kier alpha value is -1.49. The molecule has 10 heteroatoms. The maximum Gasteiger partial charge on any atom is 0.297 e. The Labute approximate surface area is 116 Å². The van der Waals surface area contributed by atoms with Crippen molar-refractivity contribution < 1.29 is 30.3 Å². The Morgan fingerprint density at radius 2 is 1.95 bits per heavy atom. The van der Waals surface area contributed by atoms with E-state index in [0.717, 1.165) is 26.4 Å². The van der Waals surface area contributed by atoms with Crippen LogP contribution in [0.4, 0.5) is 0 Å². The largest absolute Gasteiger partial charge is 0.624 e. The van der Waals surface area contributed by atoms with E-state index in [4.69, 9.17) is 4.55 Å². The van der Waals surface area contributed by atoms with Crippen LogP contribution in [0.1, 0.15) is 11.1 Å². The maximum atomic E-state index is 11.7. The number of hydrogen-bond acceptors (Lipinski definition) is 6. The van der Waals surface area contributed by atoms with E-state index in [1.807, 2.05) is 0 Å². The number of hydrogen-bond donors (Lipinski definition) is 1. The Balaban J connectivity index is 3.48. The topological polar surface area (TPSA) is 124 Å². The summed E-state index contributed by atoms with van der Waals surface area (Å²) in [5, 5.41) is 11.0. The summed E-state index contributed by atoms with van der Waals surface area (Å²) in [5.74, 6) is -0.743. The van der Waals surface area contributed by atoms with Gasteiger partial charge in [0.05, 0.1) is 12.7 Å². The van der Waals surface area contributed by atoms with Crippen molar-refractivity contribution in [2.75, 3.05) is 14.2 Å². The first-order valence-electron chi connectivity index (χ1n) is 5.19. The van der Waals surface area contributed by atoms with Gasteiger partial charge in [0.25, 0.3) is 20.2 Å². The third-order valence-corrected chi connectivity index (χ3v) is 4.27. The number of hydroxylamine groups is 1. The van der Waals surface area contributed by atoms with Gasteiger partial charge in [0.1, 0.15) is 17.7 Å². The summed E-state index contributed by atoms with van der Waals surface area (Å²) in [6.07, 6.45) is 1.00. The molecule has 0 bridgehead atoms. The molecule has 20 heavy (non-hydrogen) atoms. The third kappa shape index (κ3) is 4.56. The van der Waals surface area contributed by atoms with Gasteiger partial charge in [0.15, 0.2) is 6.21 Å². The summed E-state index contributed by atoms with van der Waals surface area (Å²) in [6, 6.07) is 3.57. The smallest absolute Gasteiger partial charge is 0.297 e. The standard InChI is InChI=1S/C10H13NO7S2/c1-11(12)6-9-4-3-8(7-19(13,14)15)5-10(9)20(16,17)18-2/h3-6H,7H2,1-2H3,(H,13,14,15). The Kier molecular flexibility index (Phi) is 4.86. The fourth-order valence-corrected chi connectivity index (χ4v) is 2.97. The van der Waals surface area contributed by atoms with Gasteiger partial charge in [-0.15, -0.1) is 0 Å². The number of rotatable bonds is 5. The lowest BCUT2D eigenvalue weighted by atomic mass is 10.2. The predicted octanol–water partition coefficient (Wildman–Crippen LogP) is -0.0315. The van der Waals surface area contributed by atoms with Crippen molar-refractivity contribution in [3.8, 4) is 0 Å². The highest BCUT2D eigenvalue weighted by Crippen LogP contribution is 2.19. The number of benzene rings is 1. The Morgan fingerprint density at radius 3 is 2.40 bits per heavy atom. The van der Waals surface area contributed by atoms with Gasteiger partial charge in [0, 0.05) is 0 Å². The van der Waals surface area contributed by atoms with Gasteiger partial charge in [0.2, 0.25) is 0 Å². The molecule has 1 aromatic rings. The van der Waals surface area contributed by atoms with Crippen molar-refractivity contribution in [3.05, 3.63) is 34.5 Å². The van der Waals surface area contributed by atoms with E-state index in [1.54, 1.807) is 0 Å². The fraction of sp³-hybridized carbons (Fsp3) is 0.300. The second-order valence-electron chi connectivity index (χ2n) is 3.89. The van der Waals surface area contributed by atoms with Gasteiger partial charge >= 0.3 is 0 Å². The first kappa shape index (κ1) is 16.6. The second-order valence-corrected chi connectivity index (χ2v) is 7.03. The first-order chi connectivity index (χ1) is 9.05. The zero-order valence-corrected chi connectivity index (χ0v) is 12.3. The molecule has 1 aromatic carbocycles. The monoisotopic (exact) mass is 323 g/mol. The lowest BCUT2D eigenvalue weighted by Crippen LogP contribution is -2.11.